The van der Waals surface area contributed by atoms with Gasteiger partial charge in [0.05, 0.1) is 14.2 Å². The van der Waals surface area contributed by atoms with Gasteiger partial charge in [-0.1, -0.05) is 0 Å². The number of rotatable bonds is 3. The number of hydrogen-bond acceptors (Lipinski definition) is 4. The molecule has 0 radical (unpaired) electrons. The monoisotopic (exact) mass is 314 g/mol. The number of nitrogens with zero attached hydrogens (tertiary/aromatic N) is 1. The van der Waals surface area contributed by atoms with Crippen LogP contribution in [0.1, 0.15) is 22.8 Å². The number of methoxy groups -OCH3 is 2. The number of amides is 1. The van der Waals surface area contributed by atoms with E-state index in [0.717, 1.165) is 25.2 Å². The zero-order chi connectivity index (χ0) is 14.7. The molecule has 6 heteroatoms. The van der Waals surface area contributed by atoms with E-state index in [1.165, 1.54) is 0 Å². The van der Waals surface area contributed by atoms with Crippen molar-refractivity contribution in [2.75, 3.05) is 33.9 Å². The van der Waals surface area contributed by atoms with Crippen LogP contribution in [0.2, 0.25) is 0 Å². The second-order valence-corrected chi connectivity index (χ2v) is 5.11. The van der Waals surface area contributed by atoms with E-state index in [2.05, 4.69) is 12.2 Å². The molecule has 0 bridgehead atoms. The summed E-state index contributed by atoms with van der Waals surface area (Å²) in [6, 6.07) is 3.89. The van der Waals surface area contributed by atoms with E-state index in [-0.39, 0.29) is 18.3 Å². The summed E-state index contributed by atoms with van der Waals surface area (Å²) in [5.41, 5.74) is 1.51. The summed E-state index contributed by atoms with van der Waals surface area (Å²) in [7, 11) is 3.20. The molecule has 5 nitrogen and oxygen atoms in total. The van der Waals surface area contributed by atoms with Gasteiger partial charge in [0.1, 0.15) is 11.5 Å². The van der Waals surface area contributed by atoms with E-state index in [0.29, 0.717) is 23.1 Å². The number of ether oxygens (including phenoxy) is 2. The number of carbonyl (C=O) groups is 1. The maximum atomic E-state index is 12.6. The van der Waals surface area contributed by atoms with Gasteiger partial charge < -0.3 is 19.7 Å². The first kappa shape index (κ1) is 17.6. The number of halogens is 1. The standard InChI is InChI=1S/C15H22N2O3.ClH/c1-10-9-17(6-5-16-10)15(18)12-7-13(19-3)11(2)14(8-12)20-4;/h7-8,10,16H,5-6,9H2,1-4H3;1H. The van der Waals surface area contributed by atoms with Crippen LogP contribution in [-0.2, 0) is 0 Å². The van der Waals surface area contributed by atoms with Gasteiger partial charge in [0.2, 0.25) is 0 Å². The third-order valence-corrected chi connectivity index (χ3v) is 3.66. The molecule has 0 saturated carbocycles. The number of nitrogens with one attached hydrogen (secondary N) is 1. The normalized spacial score (nSPS) is 17.9. The molecule has 1 amide bonds. The van der Waals surface area contributed by atoms with Crippen LogP contribution in [0.25, 0.3) is 0 Å². The second-order valence-electron chi connectivity index (χ2n) is 5.11. The van der Waals surface area contributed by atoms with Crippen molar-refractivity contribution in [3.05, 3.63) is 23.3 Å². The van der Waals surface area contributed by atoms with E-state index in [1.807, 2.05) is 11.8 Å². The molecule has 21 heavy (non-hydrogen) atoms. The lowest BCUT2D eigenvalue weighted by Crippen LogP contribution is -2.51. The van der Waals surface area contributed by atoms with E-state index >= 15 is 0 Å². The topological polar surface area (TPSA) is 50.8 Å². The zero-order valence-corrected chi connectivity index (χ0v) is 13.8. The maximum Gasteiger partial charge on any atom is 0.254 e. The Morgan fingerprint density at radius 2 is 1.86 bits per heavy atom. The minimum atomic E-state index is 0. The van der Waals surface area contributed by atoms with Crippen LogP contribution in [0.15, 0.2) is 12.1 Å². The Morgan fingerprint density at radius 1 is 1.29 bits per heavy atom. The highest BCUT2D eigenvalue weighted by atomic mass is 35.5. The van der Waals surface area contributed by atoms with Crippen LogP contribution in [0.5, 0.6) is 11.5 Å². The molecule has 0 aromatic heterocycles. The molecule has 1 aliphatic heterocycles. The van der Waals surface area contributed by atoms with Gasteiger partial charge in [-0.3, -0.25) is 4.79 Å². The summed E-state index contributed by atoms with van der Waals surface area (Å²) < 4.78 is 10.6. The fourth-order valence-corrected chi connectivity index (χ4v) is 2.51. The molecule has 1 saturated heterocycles. The van der Waals surface area contributed by atoms with Crippen molar-refractivity contribution in [1.29, 1.82) is 0 Å². The Balaban J connectivity index is 0.00000220. The molecule has 1 aromatic rings. The highest BCUT2D eigenvalue weighted by molar-refractivity contribution is 5.95. The van der Waals surface area contributed by atoms with Crippen molar-refractivity contribution >= 4 is 18.3 Å². The predicted octanol–water partition coefficient (Wildman–Crippen LogP) is 1.87. The van der Waals surface area contributed by atoms with E-state index in [4.69, 9.17) is 9.47 Å². The lowest BCUT2D eigenvalue weighted by Gasteiger charge is -2.32. The van der Waals surface area contributed by atoms with Crippen molar-refractivity contribution in [2.24, 2.45) is 0 Å². The van der Waals surface area contributed by atoms with Crippen LogP contribution in [0.4, 0.5) is 0 Å². The van der Waals surface area contributed by atoms with Gasteiger partial charge in [0.15, 0.2) is 0 Å². The van der Waals surface area contributed by atoms with Crippen molar-refractivity contribution in [3.63, 3.8) is 0 Å². The van der Waals surface area contributed by atoms with Crippen LogP contribution in [0, 0.1) is 6.92 Å². The van der Waals surface area contributed by atoms with Gasteiger partial charge in [-0.05, 0) is 26.0 Å². The molecule has 1 atom stereocenters. The smallest absolute Gasteiger partial charge is 0.254 e. The summed E-state index contributed by atoms with van der Waals surface area (Å²) >= 11 is 0. The van der Waals surface area contributed by atoms with Crippen LogP contribution in [-0.4, -0.2) is 50.7 Å². The van der Waals surface area contributed by atoms with Crippen molar-refractivity contribution in [1.82, 2.24) is 10.2 Å². The molecule has 1 aromatic carbocycles. The average Bonchev–Trinajstić information content (AvgIpc) is 2.46. The lowest BCUT2D eigenvalue weighted by atomic mass is 10.1. The Morgan fingerprint density at radius 3 is 2.33 bits per heavy atom. The molecule has 1 N–H and O–H groups in total. The first-order valence-electron chi connectivity index (χ1n) is 6.82. The Hall–Kier alpha value is -1.46. The van der Waals surface area contributed by atoms with Crippen molar-refractivity contribution < 1.29 is 14.3 Å². The number of hydrogen-bond donors (Lipinski definition) is 1. The molecule has 1 aliphatic rings. The first-order chi connectivity index (χ1) is 9.56. The van der Waals surface area contributed by atoms with Crippen LogP contribution < -0.4 is 14.8 Å². The van der Waals surface area contributed by atoms with Gasteiger partial charge in [-0.2, -0.15) is 0 Å². The minimum Gasteiger partial charge on any atom is -0.496 e. The largest absolute Gasteiger partial charge is 0.496 e. The molecule has 0 aliphatic carbocycles. The molecule has 1 heterocycles. The SMILES string of the molecule is COc1cc(C(=O)N2CCNC(C)C2)cc(OC)c1C.Cl. The van der Waals surface area contributed by atoms with Gasteiger partial charge in [-0.25, -0.2) is 0 Å². The summed E-state index contributed by atoms with van der Waals surface area (Å²) in [4.78, 5) is 14.4. The molecule has 118 valence electrons. The number of benzene rings is 1. The molecule has 2 rings (SSSR count). The van der Waals surface area contributed by atoms with Crippen molar-refractivity contribution in [2.45, 2.75) is 19.9 Å². The third-order valence-electron chi connectivity index (χ3n) is 3.66. The quantitative estimate of drug-likeness (QED) is 0.925. The maximum absolute atomic E-state index is 12.6. The Bertz CT molecular complexity index is 483. The lowest BCUT2D eigenvalue weighted by molar-refractivity contribution is 0.0708. The predicted molar refractivity (Wildman–Crippen MR) is 84.9 cm³/mol. The van der Waals surface area contributed by atoms with Crippen LogP contribution in [0.3, 0.4) is 0 Å². The fourth-order valence-electron chi connectivity index (χ4n) is 2.51. The van der Waals surface area contributed by atoms with Gasteiger partial charge in [0.25, 0.3) is 5.91 Å². The highest BCUT2D eigenvalue weighted by Crippen LogP contribution is 2.30. The van der Waals surface area contributed by atoms with E-state index < -0.39 is 0 Å². The summed E-state index contributed by atoms with van der Waals surface area (Å²) in [5, 5.41) is 3.33. The second kappa shape index (κ2) is 7.52. The highest BCUT2D eigenvalue weighted by Gasteiger charge is 2.23. The number of carbonyl (C=O) groups excluding carboxylic acids is 1. The molecular weight excluding hydrogens is 292 g/mol. The average molecular weight is 315 g/mol. The van der Waals surface area contributed by atoms with Gasteiger partial charge >= 0.3 is 0 Å². The third kappa shape index (κ3) is 3.80. The summed E-state index contributed by atoms with van der Waals surface area (Å²) in [6.07, 6.45) is 0. The van der Waals surface area contributed by atoms with Gasteiger partial charge in [0, 0.05) is 36.8 Å². The minimum absolute atomic E-state index is 0. The zero-order valence-electron chi connectivity index (χ0n) is 12.9. The first-order valence-corrected chi connectivity index (χ1v) is 6.82. The van der Waals surface area contributed by atoms with Crippen molar-refractivity contribution in [3.8, 4) is 11.5 Å². The molecule has 0 spiro atoms. The summed E-state index contributed by atoms with van der Waals surface area (Å²) in [5.74, 6) is 1.38. The van der Waals surface area contributed by atoms with Crippen LogP contribution >= 0.6 is 12.4 Å². The Kier molecular flexibility index (Phi) is 6.30. The fraction of sp³-hybridized carbons (Fsp3) is 0.533. The van der Waals surface area contributed by atoms with E-state index in [1.54, 1.807) is 26.4 Å². The molecular formula is C15H23ClN2O3. The molecule has 1 unspecified atom stereocenters. The number of piperazine rings is 1. The molecule has 1 fully saturated rings. The van der Waals surface area contributed by atoms with E-state index in [9.17, 15) is 4.79 Å². The Labute approximate surface area is 132 Å². The summed E-state index contributed by atoms with van der Waals surface area (Å²) in [6.45, 7) is 6.26. The van der Waals surface area contributed by atoms with Gasteiger partial charge in [-0.15, -0.1) is 12.4 Å².